The molecule has 55 heavy (non-hydrogen) atoms. The fraction of sp³-hybridized carbons (Fsp3) is 0. The minimum Gasteiger partial charge on any atom is -0.135 e. The van der Waals surface area contributed by atoms with Gasteiger partial charge in [0.1, 0.15) is 0 Å². The van der Waals surface area contributed by atoms with Gasteiger partial charge in [-0.1, -0.05) is 170 Å². The van der Waals surface area contributed by atoms with E-state index >= 15 is 0 Å². The maximum Gasteiger partial charge on any atom is 0.0434 e. The first-order valence-corrected chi connectivity index (χ1v) is 19.7. The van der Waals surface area contributed by atoms with E-state index in [-0.39, 0.29) is 0 Å². The van der Waals surface area contributed by atoms with Crippen LogP contribution in [-0.4, -0.2) is 0 Å². The highest BCUT2D eigenvalue weighted by atomic mass is 32.1. The predicted octanol–water partition coefficient (Wildman–Crippen LogP) is 15.8. The van der Waals surface area contributed by atoms with Crippen LogP contribution in [0, 0.1) is 0 Å². The second-order valence-corrected chi connectivity index (χ2v) is 15.5. The fourth-order valence-corrected chi connectivity index (χ4v) is 9.85. The van der Waals surface area contributed by atoms with Crippen LogP contribution in [0.25, 0.3) is 108 Å². The van der Waals surface area contributed by atoms with Crippen LogP contribution in [0.4, 0.5) is 0 Å². The van der Waals surface area contributed by atoms with Gasteiger partial charge < -0.3 is 0 Å². The molecule has 0 atom stereocenters. The highest BCUT2D eigenvalue weighted by Gasteiger charge is 2.18. The van der Waals surface area contributed by atoms with E-state index in [1.54, 1.807) is 0 Å². The maximum atomic E-state index is 2.43. The molecule has 0 aliphatic carbocycles. The molecule has 0 saturated carbocycles. The molecule has 0 N–H and O–H groups in total. The van der Waals surface area contributed by atoms with E-state index in [1.807, 2.05) is 11.3 Å². The number of rotatable bonds is 5. The standard InChI is InChI=1S/C54H34S/c1-3-15-36(16-4-1)52-45-23-9-10-24-46(45)53(37-17-5-2-6-18-37)49-32-41(28-29-47(49)52)39-20-13-21-42(31-39)48-33-43(40-27-26-35-14-7-8-19-38(35)30-40)34-50-44-22-11-12-25-51(44)55-54(48)50/h1-34H. The van der Waals surface area contributed by atoms with E-state index in [2.05, 4.69) is 206 Å². The zero-order valence-corrected chi connectivity index (χ0v) is 30.9. The highest BCUT2D eigenvalue weighted by Crippen LogP contribution is 2.46. The van der Waals surface area contributed by atoms with E-state index in [0.29, 0.717) is 0 Å². The molecule has 0 aliphatic heterocycles. The number of hydrogen-bond acceptors (Lipinski definition) is 1. The Balaban J connectivity index is 1.14. The van der Waals surface area contributed by atoms with Crippen LogP contribution in [0.2, 0.25) is 0 Å². The van der Waals surface area contributed by atoms with Crippen LogP contribution < -0.4 is 0 Å². The summed E-state index contributed by atoms with van der Waals surface area (Å²) in [4.78, 5) is 0. The molecule has 0 nitrogen and oxygen atoms in total. The fourth-order valence-electron chi connectivity index (χ4n) is 8.63. The molecule has 1 heterocycles. The van der Waals surface area contributed by atoms with Crippen molar-refractivity contribution in [2.45, 2.75) is 0 Å². The van der Waals surface area contributed by atoms with E-state index in [1.165, 1.54) is 108 Å². The first kappa shape index (κ1) is 31.7. The first-order valence-electron chi connectivity index (χ1n) is 18.9. The van der Waals surface area contributed by atoms with Gasteiger partial charge in [-0.25, -0.2) is 0 Å². The largest absolute Gasteiger partial charge is 0.135 e. The van der Waals surface area contributed by atoms with E-state index in [4.69, 9.17) is 0 Å². The summed E-state index contributed by atoms with van der Waals surface area (Å²) in [5.41, 5.74) is 12.4. The van der Waals surface area contributed by atoms with Crippen LogP contribution in [0.3, 0.4) is 0 Å². The van der Waals surface area contributed by atoms with Crippen LogP contribution >= 0.6 is 11.3 Å². The molecular weight excluding hydrogens is 681 g/mol. The maximum absolute atomic E-state index is 2.43. The third-order valence-electron chi connectivity index (χ3n) is 11.2. The first-order chi connectivity index (χ1) is 27.3. The Morgan fingerprint density at radius 1 is 0.255 bits per heavy atom. The summed E-state index contributed by atoms with van der Waals surface area (Å²) in [6.45, 7) is 0. The average molecular weight is 715 g/mol. The van der Waals surface area contributed by atoms with Crippen molar-refractivity contribution < 1.29 is 0 Å². The van der Waals surface area contributed by atoms with Gasteiger partial charge in [-0.05, 0) is 119 Å². The molecule has 0 unspecified atom stereocenters. The highest BCUT2D eigenvalue weighted by molar-refractivity contribution is 7.26. The number of thiophene rings is 1. The molecule has 1 aromatic heterocycles. The monoisotopic (exact) mass is 714 g/mol. The van der Waals surface area contributed by atoms with Crippen molar-refractivity contribution in [2.75, 3.05) is 0 Å². The smallest absolute Gasteiger partial charge is 0.0434 e. The molecule has 0 aliphatic rings. The van der Waals surface area contributed by atoms with Gasteiger partial charge in [-0.2, -0.15) is 0 Å². The minimum atomic E-state index is 1.21. The van der Waals surface area contributed by atoms with E-state index in [0.717, 1.165) is 0 Å². The summed E-state index contributed by atoms with van der Waals surface area (Å²) in [6, 6.07) is 76.0. The van der Waals surface area contributed by atoms with Gasteiger partial charge in [0.15, 0.2) is 0 Å². The van der Waals surface area contributed by atoms with E-state index in [9.17, 15) is 0 Å². The summed E-state index contributed by atoms with van der Waals surface area (Å²) in [6.07, 6.45) is 0. The molecule has 10 aromatic carbocycles. The van der Waals surface area contributed by atoms with Crippen molar-refractivity contribution in [3.8, 4) is 55.6 Å². The molecule has 0 amide bonds. The van der Waals surface area contributed by atoms with Crippen LogP contribution in [0.1, 0.15) is 0 Å². The summed E-state index contributed by atoms with van der Waals surface area (Å²) >= 11 is 1.89. The quantitative estimate of drug-likeness (QED) is 0.156. The molecule has 0 spiro atoms. The summed E-state index contributed by atoms with van der Waals surface area (Å²) in [5.74, 6) is 0. The molecule has 11 aromatic rings. The van der Waals surface area contributed by atoms with Gasteiger partial charge in [0, 0.05) is 25.7 Å². The third kappa shape index (κ3) is 5.35. The topological polar surface area (TPSA) is 0 Å². The van der Waals surface area contributed by atoms with E-state index < -0.39 is 0 Å². The lowest BCUT2D eigenvalue weighted by molar-refractivity contribution is 1.61. The molecule has 1 heteroatoms. The average Bonchev–Trinajstić information content (AvgIpc) is 3.64. The Morgan fingerprint density at radius 2 is 0.782 bits per heavy atom. The summed E-state index contributed by atoms with van der Waals surface area (Å²) < 4.78 is 2.64. The van der Waals surface area contributed by atoms with Gasteiger partial charge in [0.25, 0.3) is 0 Å². The summed E-state index contributed by atoms with van der Waals surface area (Å²) in [5, 5.41) is 10.2. The molecule has 0 radical (unpaired) electrons. The second kappa shape index (κ2) is 13.0. The lowest BCUT2D eigenvalue weighted by atomic mass is 9.84. The molecular formula is C54H34S. The van der Waals surface area contributed by atoms with Crippen molar-refractivity contribution in [3.05, 3.63) is 206 Å². The number of benzene rings is 10. The molecule has 0 bridgehead atoms. The lowest BCUT2D eigenvalue weighted by Crippen LogP contribution is -1.91. The summed E-state index contributed by atoms with van der Waals surface area (Å²) in [7, 11) is 0. The Bertz CT molecular complexity index is 3240. The van der Waals surface area contributed by atoms with Gasteiger partial charge in [-0.15, -0.1) is 11.3 Å². The molecule has 0 fully saturated rings. The molecule has 11 rings (SSSR count). The van der Waals surface area contributed by atoms with Gasteiger partial charge >= 0.3 is 0 Å². The van der Waals surface area contributed by atoms with Crippen LogP contribution in [-0.2, 0) is 0 Å². The van der Waals surface area contributed by atoms with Gasteiger partial charge in [-0.3, -0.25) is 0 Å². The zero-order chi connectivity index (χ0) is 36.3. The van der Waals surface area contributed by atoms with Crippen LogP contribution in [0.15, 0.2) is 206 Å². The third-order valence-corrected chi connectivity index (χ3v) is 12.4. The van der Waals surface area contributed by atoms with Crippen molar-refractivity contribution in [2.24, 2.45) is 0 Å². The Morgan fingerprint density at radius 3 is 1.55 bits per heavy atom. The Labute approximate surface area is 324 Å². The predicted molar refractivity (Wildman–Crippen MR) is 239 cm³/mol. The SMILES string of the molecule is c1ccc(-c2c3ccccc3c(-c3ccccc3)c3cc(-c4cccc(-c5cc(-c6ccc7ccccc7c6)cc6c5sc5ccccc56)c4)ccc23)cc1. The minimum absolute atomic E-state index is 1.21. The zero-order valence-electron chi connectivity index (χ0n) is 30.0. The van der Waals surface area contributed by atoms with Gasteiger partial charge in [0.05, 0.1) is 0 Å². The number of hydrogen-bond donors (Lipinski definition) is 0. The van der Waals surface area contributed by atoms with Crippen molar-refractivity contribution >= 4 is 63.8 Å². The Hall–Kier alpha value is -6.80. The lowest BCUT2D eigenvalue weighted by Gasteiger charge is -2.19. The molecule has 0 saturated heterocycles. The Kier molecular flexibility index (Phi) is 7.46. The normalized spacial score (nSPS) is 11.6. The second-order valence-electron chi connectivity index (χ2n) is 14.4. The van der Waals surface area contributed by atoms with Crippen molar-refractivity contribution in [1.82, 2.24) is 0 Å². The number of fused-ring (bicyclic) bond motifs is 6. The van der Waals surface area contributed by atoms with Crippen molar-refractivity contribution in [1.29, 1.82) is 0 Å². The van der Waals surface area contributed by atoms with Gasteiger partial charge in [0.2, 0.25) is 0 Å². The molecule has 256 valence electrons. The van der Waals surface area contributed by atoms with Crippen molar-refractivity contribution in [3.63, 3.8) is 0 Å². The van der Waals surface area contributed by atoms with Crippen LogP contribution in [0.5, 0.6) is 0 Å².